The molecule has 0 saturated carbocycles. The second kappa shape index (κ2) is 6.18. The molecule has 2 aromatic carbocycles. The third-order valence-electron chi connectivity index (χ3n) is 3.47. The van der Waals surface area contributed by atoms with Crippen LogP contribution in [0.4, 0.5) is 5.13 Å². The lowest BCUT2D eigenvalue weighted by Gasteiger charge is -2.06. The number of nitrogens with zero attached hydrogens (tertiary/aromatic N) is 1. The summed E-state index contributed by atoms with van der Waals surface area (Å²) in [6, 6.07) is 12.1. The van der Waals surface area contributed by atoms with Crippen LogP contribution in [-0.4, -0.2) is 10.9 Å². The number of aryl methyl sites for hydroxylation is 2. The first-order valence-electron chi connectivity index (χ1n) is 6.94. The van der Waals surface area contributed by atoms with Crippen LogP contribution in [0.25, 0.3) is 10.2 Å². The number of thiazole rings is 1. The molecule has 3 aromatic rings. The predicted molar refractivity (Wildman–Crippen MR) is 95.6 cm³/mol. The number of rotatable bonds is 3. The number of aromatic nitrogens is 1. The van der Waals surface area contributed by atoms with Gasteiger partial charge in [0, 0.05) is 4.47 Å². The highest BCUT2D eigenvalue weighted by Crippen LogP contribution is 2.30. The van der Waals surface area contributed by atoms with E-state index in [2.05, 4.69) is 38.4 Å². The minimum atomic E-state index is -0.0381. The van der Waals surface area contributed by atoms with Crippen LogP contribution in [0, 0.1) is 13.8 Å². The van der Waals surface area contributed by atoms with E-state index < -0.39 is 0 Å². The fourth-order valence-electron chi connectivity index (χ4n) is 2.30. The van der Waals surface area contributed by atoms with Crippen molar-refractivity contribution in [2.75, 3.05) is 5.32 Å². The summed E-state index contributed by atoms with van der Waals surface area (Å²) < 4.78 is 1.99. The van der Waals surface area contributed by atoms with E-state index in [1.54, 1.807) is 0 Å². The van der Waals surface area contributed by atoms with Crippen molar-refractivity contribution in [3.8, 4) is 0 Å². The molecule has 5 heteroatoms. The zero-order valence-electron chi connectivity index (χ0n) is 12.3. The van der Waals surface area contributed by atoms with Crippen molar-refractivity contribution >= 4 is 48.5 Å². The lowest BCUT2D eigenvalue weighted by atomic mass is 10.0. The van der Waals surface area contributed by atoms with Crippen molar-refractivity contribution in [2.45, 2.75) is 20.3 Å². The van der Waals surface area contributed by atoms with Crippen molar-refractivity contribution in [1.82, 2.24) is 4.98 Å². The molecule has 0 fully saturated rings. The number of carbonyl (C=O) groups excluding carboxylic acids is 1. The van der Waals surface area contributed by atoms with Crippen molar-refractivity contribution in [3.63, 3.8) is 0 Å². The monoisotopic (exact) mass is 374 g/mol. The molecule has 3 rings (SSSR count). The third-order valence-corrected chi connectivity index (χ3v) is 5.05. The van der Waals surface area contributed by atoms with Gasteiger partial charge in [0.25, 0.3) is 0 Å². The van der Waals surface area contributed by atoms with E-state index in [-0.39, 0.29) is 5.91 Å². The smallest absolute Gasteiger partial charge is 0.230 e. The maximum absolute atomic E-state index is 12.3. The molecule has 0 atom stereocenters. The second-order valence-corrected chi connectivity index (χ2v) is 7.15. The summed E-state index contributed by atoms with van der Waals surface area (Å²) in [5.74, 6) is -0.0381. The maximum atomic E-state index is 12.3. The number of halogens is 1. The van der Waals surface area contributed by atoms with Crippen LogP contribution in [0.2, 0.25) is 0 Å². The Morgan fingerprint density at radius 3 is 2.86 bits per heavy atom. The van der Waals surface area contributed by atoms with Gasteiger partial charge in [0.15, 0.2) is 5.13 Å². The number of amides is 1. The summed E-state index contributed by atoms with van der Waals surface area (Å²) >= 11 is 4.96. The van der Waals surface area contributed by atoms with Gasteiger partial charge in [0.05, 0.1) is 16.6 Å². The van der Waals surface area contributed by atoms with Crippen LogP contribution in [0.15, 0.2) is 40.9 Å². The molecule has 22 heavy (non-hydrogen) atoms. The largest absolute Gasteiger partial charge is 0.302 e. The Morgan fingerprint density at radius 1 is 1.27 bits per heavy atom. The highest BCUT2D eigenvalue weighted by Gasteiger charge is 2.11. The number of hydrogen-bond donors (Lipinski definition) is 1. The second-order valence-electron chi connectivity index (χ2n) is 5.26. The van der Waals surface area contributed by atoms with Crippen LogP contribution in [0.5, 0.6) is 0 Å². The lowest BCUT2D eigenvalue weighted by molar-refractivity contribution is -0.115. The molecule has 1 amide bonds. The first-order chi connectivity index (χ1) is 10.5. The fraction of sp³-hybridized carbons (Fsp3) is 0.176. The first kappa shape index (κ1) is 15.2. The predicted octanol–water partition coefficient (Wildman–Crippen LogP) is 4.86. The van der Waals surface area contributed by atoms with Crippen LogP contribution < -0.4 is 5.32 Å². The average molecular weight is 375 g/mol. The molecule has 1 heterocycles. The Kier molecular flexibility index (Phi) is 4.27. The van der Waals surface area contributed by atoms with Crippen molar-refractivity contribution < 1.29 is 4.79 Å². The van der Waals surface area contributed by atoms with Crippen LogP contribution >= 0.6 is 27.3 Å². The molecule has 0 unspecified atom stereocenters. The summed E-state index contributed by atoms with van der Waals surface area (Å²) in [6.45, 7) is 4.06. The van der Waals surface area contributed by atoms with Crippen molar-refractivity contribution in [3.05, 3.63) is 57.6 Å². The van der Waals surface area contributed by atoms with Gasteiger partial charge in [-0.3, -0.25) is 4.79 Å². The van der Waals surface area contributed by atoms with E-state index in [0.717, 1.165) is 31.4 Å². The Balaban J connectivity index is 1.78. The molecule has 1 aromatic heterocycles. The normalized spacial score (nSPS) is 10.9. The Labute approximate surface area is 141 Å². The van der Waals surface area contributed by atoms with E-state index >= 15 is 0 Å². The molecule has 1 N–H and O–H groups in total. The van der Waals surface area contributed by atoms with Gasteiger partial charge in [-0.1, -0.05) is 41.2 Å². The van der Waals surface area contributed by atoms with Gasteiger partial charge in [0.1, 0.15) is 0 Å². The van der Waals surface area contributed by atoms with Gasteiger partial charge in [0.2, 0.25) is 5.91 Å². The highest BCUT2D eigenvalue weighted by molar-refractivity contribution is 9.10. The van der Waals surface area contributed by atoms with Gasteiger partial charge in [-0.05, 0) is 53.0 Å². The molecule has 0 saturated heterocycles. The topological polar surface area (TPSA) is 42.0 Å². The van der Waals surface area contributed by atoms with E-state index in [0.29, 0.717) is 11.6 Å². The Hall–Kier alpha value is -1.72. The van der Waals surface area contributed by atoms with Crippen LogP contribution in [0.1, 0.15) is 16.7 Å². The van der Waals surface area contributed by atoms with Crippen molar-refractivity contribution in [2.24, 2.45) is 0 Å². The number of benzene rings is 2. The van der Waals surface area contributed by atoms with E-state index in [1.165, 1.54) is 11.3 Å². The summed E-state index contributed by atoms with van der Waals surface area (Å²) in [4.78, 5) is 16.7. The first-order valence-corrected chi connectivity index (χ1v) is 8.55. The molecular weight excluding hydrogens is 360 g/mol. The summed E-state index contributed by atoms with van der Waals surface area (Å²) in [7, 11) is 0. The molecule has 0 bridgehead atoms. The summed E-state index contributed by atoms with van der Waals surface area (Å²) in [5.41, 5.74) is 4.24. The minimum absolute atomic E-state index is 0.0381. The SMILES string of the molecule is Cc1ccc(C)c(CC(=O)Nc2nc3c(Br)cccc3s2)c1. The Bertz CT molecular complexity index is 857. The Morgan fingerprint density at radius 2 is 2.09 bits per heavy atom. The fourth-order valence-corrected chi connectivity index (χ4v) is 3.79. The molecule has 3 nitrogen and oxygen atoms in total. The van der Waals surface area contributed by atoms with Gasteiger partial charge >= 0.3 is 0 Å². The van der Waals surface area contributed by atoms with Crippen LogP contribution in [0.3, 0.4) is 0 Å². The molecule has 0 radical (unpaired) electrons. The molecule has 0 aliphatic carbocycles. The molecule has 112 valence electrons. The number of nitrogens with one attached hydrogen (secondary N) is 1. The summed E-state index contributed by atoms with van der Waals surface area (Å²) in [6.07, 6.45) is 0.366. The summed E-state index contributed by atoms with van der Waals surface area (Å²) in [5, 5.41) is 3.54. The van der Waals surface area contributed by atoms with E-state index in [4.69, 9.17) is 0 Å². The van der Waals surface area contributed by atoms with Gasteiger partial charge in [-0.25, -0.2) is 4.98 Å². The van der Waals surface area contributed by atoms with Crippen LogP contribution in [-0.2, 0) is 11.2 Å². The number of para-hydroxylation sites is 1. The zero-order valence-corrected chi connectivity index (χ0v) is 14.7. The molecular formula is C17H15BrN2OS. The number of fused-ring (bicyclic) bond motifs is 1. The zero-order chi connectivity index (χ0) is 15.7. The van der Waals surface area contributed by atoms with E-state index in [1.807, 2.05) is 38.1 Å². The average Bonchev–Trinajstić information content (AvgIpc) is 2.86. The number of hydrogen-bond acceptors (Lipinski definition) is 3. The lowest BCUT2D eigenvalue weighted by Crippen LogP contribution is -2.14. The quantitative estimate of drug-likeness (QED) is 0.711. The molecule has 0 aliphatic heterocycles. The number of carbonyl (C=O) groups is 1. The van der Waals surface area contributed by atoms with E-state index in [9.17, 15) is 4.79 Å². The van der Waals surface area contributed by atoms with Gasteiger partial charge in [-0.2, -0.15) is 0 Å². The highest BCUT2D eigenvalue weighted by atomic mass is 79.9. The number of anilines is 1. The standard InChI is InChI=1S/C17H15BrN2OS/c1-10-6-7-11(2)12(8-10)9-15(21)19-17-20-16-13(18)4-3-5-14(16)22-17/h3-8H,9H2,1-2H3,(H,19,20,21). The molecule has 0 aliphatic rings. The van der Waals surface area contributed by atoms with Gasteiger partial charge in [-0.15, -0.1) is 0 Å². The minimum Gasteiger partial charge on any atom is -0.302 e. The third kappa shape index (κ3) is 3.20. The maximum Gasteiger partial charge on any atom is 0.230 e. The van der Waals surface area contributed by atoms with Gasteiger partial charge < -0.3 is 5.32 Å². The molecule has 0 spiro atoms. The van der Waals surface area contributed by atoms with Crippen molar-refractivity contribution in [1.29, 1.82) is 0 Å².